The highest BCUT2D eigenvalue weighted by atomic mass is 19.1. The molecule has 0 unspecified atom stereocenters. The van der Waals surface area contributed by atoms with Crippen molar-refractivity contribution in [2.75, 3.05) is 6.54 Å². The lowest BCUT2D eigenvalue weighted by molar-refractivity contribution is 0.295. The van der Waals surface area contributed by atoms with Crippen molar-refractivity contribution in [3.8, 4) is 5.69 Å². The third-order valence-electron chi connectivity index (χ3n) is 5.69. The molecule has 168 valence electrons. The number of nitrogens with zero attached hydrogens (tertiary/aromatic N) is 5. The van der Waals surface area contributed by atoms with Crippen LogP contribution in [0.15, 0.2) is 78.8 Å². The van der Waals surface area contributed by atoms with E-state index in [1.807, 2.05) is 64.1 Å². The van der Waals surface area contributed by atoms with Crippen molar-refractivity contribution >= 4 is 11.3 Å². The highest BCUT2D eigenvalue weighted by Gasteiger charge is 2.42. The van der Waals surface area contributed by atoms with Crippen LogP contribution in [-0.4, -0.2) is 31.1 Å². The van der Waals surface area contributed by atoms with Crippen molar-refractivity contribution in [2.45, 2.75) is 31.6 Å². The molecule has 3 N–H and O–H groups in total. The van der Waals surface area contributed by atoms with Gasteiger partial charge in [0.15, 0.2) is 0 Å². The minimum Gasteiger partial charge on any atom is -0.383 e. The molecule has 1 aliphatic carbocycles. The van der Waals surface area contributed by atoms with E-state index in [1.54, 1.807) is 18.6 Å². The molecule has 0 amide bonds. The first-order valence-electron chi connectivity index (χ1n) is 10.9. The fourth-order valence-electron chi connectivity index (χ4n) is 3.67. The molecule has 0 bridgehead atoms. The van der Waals surface area contributed by atoms with Gasteiger partial charge in [-0.25, -0.2) is 14.9 Å². The van der Waals surface area contributed by atoms with Gasteiger partial charge >= 0.3 is 0 Å². The van der Waals surface area contributed by atoms with Crippen LogP contribution in [-0.2, 0) is 13.1 Å². The lowest BCUT2D eigenvalue weighted by atomic mass is 10.2. The zero-order valence-corrected chi connectivity index (χ0v) is 18.1. The van der Waals surface area contributed by atoms with Crippen LogP contribution in [0.1, 0.15) is 29.7 Å². The Morgan fingerprint density at radius 2 is 2.03 bits per heavy atom. The molecule has 33 heavy (non-hydrogen) atoms. The van der Waals surface area contributed by atoms with E-state index in [1.165, 1.54) is 0 Å². The number of alkyl halides is 1. The Labute approximate surface area is 190 Å². The Morgan fingerprint density at radius 3 is 2.82 bits per heavy atom. The molecule has 0 atom stereocenters. The molecule has 9 heteroatoms. The normalized spacial score (nSPS) is 15.0. The minimum atomic E-state index is -0.991. The Hall–Kier alpha value is -3.85. The molecule has 4 heterocycles. The van der Waals surface area contributed by atoms with Gasteiger partial charge in [-0.1, -0.05) is 6.07 Å². The summed E-state index contributed by atoms with van der Waals surface area (Å²) in [5.74, 6) is 0. The first-order valence-corrected chi connectivity index (χ1v) is 10.9. The van der Waals surface area contributed by atoms with Crippen molar-refractivity contribution in [1.82, 2.24) is 29.6 Å². The Balaban J connectivity index is 1.23. The molecule has 0 aromatic carbocycles. The molecular weight excluding hydrogens is 419 g/mol. The summed E-state index contributed by atoms with van der Waals surface area (Å²) in [6, 6.07) is 9.80. The van der Waals surface area contributed by atoms with Gasteiger partial charge in [-0.05, 0) is 42.7 Å². The van der Waals surface area contributed by atoms with Gasteiger partial charge < -0.3 is 19.6 Å². The molecule has 1 fully saturated rings. The number of halogens is 1. The van der Waals surface area contributed by atoms with Gasteiger partial charge in [0.25, 0.3) is 0 Å². The van der Waals surface area contributed by atoms with Crippen molar-refractivity contribution in [3.05, 3.63) is 90.5 Å². The molecule has 4 aromatic heterocycles. The molecule has 0 radical (unpaired) electrons. The molecule has 0 aliphatic heterocycles. The van der Waals surface area contributed by atoms with Crippen LogP contribution < -0.4 is 10.6 Å². The van der Waals surface area contributed by atoms with Crippen LogP contribution in [0.5, 0.6) is 0 Å². The van der Waals surface area contributed by atoms with Gasteiger partial charge in [0.1, 0.15) is 17.0 Å². The number of fused-ring (bicyclic) bond motifs is 1. The van der Waals surface area contributed by atoms with Gasteiger partial charge in [0, 0.05) is 55.8 Å². The number of nitrogens with one attached hydrogen (secondary N) is 3. The quantitative estimate of drug-likeness (QED) is 0.319. The fraction of sp³-hybridized carbons (Fsp3) is 0.250. The third kappa shape index (κ3) is 4.98. The van der Waals surface area contributed by atoms with E-state index >= 15 is 0 Å². The monoisotopic (exact) mass is 444 g/mol. The standard InChI is InChI=1S/C24H25FN8/c25-24(5-6-24)17-29-10-18-3-4-23-30-20(16-33(23)15-18)12-28-14-22(31-26)19-9-21(13-27-11-19)32-7-1-2-8-32/h1-4,7-9,11,13-16,26,28-29H,5-6,10,12,17H2/b22-14-,31-26?. The van der Waals surface area contributed by atoms with E-state index in [-0.39, 0.29) is 0 Å². The van der Waals surface area contributed by atoms with E-state index in [0.717, 1.165) is 28.2 Å². The van der Waals surface area contributed by atoms with Crippen LogP contribution >= 0.6 is 0 Å². The number of hydrogen-bond acceptors (Lipinski definition) is 6. The van der Waals surface area contributed by atoms with Crippen molar-refractivity contribution < 1.29 is 4.39 Å². The van der Waals surface area contributed by atoms with E-state index < -0.39 is 5.67 Å². The molecule has 1 saturated carbocycles. The third-order valence-corrected chi connectivity index (χ3v) is 5.69. The Kier molecular flexibility index (Phi) is 5.70. The van der Waals surface area contributed by atoms with Crippen molar-refractivity contribution in [3.63, 3.8) is 0 Å². The van der Waals surface area contributed by atoms with E-state index in [4.69, 9.17) is 5.53 Å². The molecule has 0 spiro atoms. The zero-order chi connectivity index (χ0) is 22.7. The predicted octanol–water partition coefficient (Wildman–Crippen LogP) is 4.23. The van der Waals surface area contributed by atoms with Gasteiger partial charge in [0.2, 0.25) is 0 Å². The summed E-state index contributed by atoms with van der Waals surface area (Å²) in [6.45, 7) is 1.52. The SMILES string of the molecule is N=N/C(=C\NCc1cn2cc(CNCC3(F)CC3)ccc2n1)c1cncc(-n2cccc2)c1. The van der Waals surface area contributed by atoms with Crippen LogP contribution in [0.25, 0.3) is 17.0 Å². The number of imidazole rings is 1. The molecule has 5 rings (SSSR count). The molecule has 1 aliphatic rings. The fourth-order valence-corrected chi connectivity index (χ4v) is 3.67. The second-order valence-corrected chi connectivity index (χ2v) is 8.33. The second-order valence-electron chi connectivity index (χ2n) is 8.33. The maximum Gasteiger partial charge on any atom is 0.137 e. The minimum absolute atomic E-state index is 0.406. The smallest absolute Gasteiger partial charge is 0.137 e. The zero-order valence-electron chi connectivity index (χ0n) is 18.1. The topological polar surface area (TPSA) is 95.4 Å². The van der Waals surface area contributed by atoms with Crippen LogP contribution in [0.2, 0.25) is 0 Å². The Bertz CT molecular complexity index is 1290. The molecule has 8 nitrogen and oxygen atoms in total. The lowest BCUT2D eigenvalue weighted by Gasteiger charge is -2.07. The maximum atomic E-state index is 13.7. The number of aromatic nitrogens is 4. The molecular formula is C24H25FN8. The summed E-state index contributed by atoms with van der Waals surface area (Å²) in [7, 11) is 0. The largest absolute Gasteiger partial charge is 0.383 e. The lowest BCUT2D eigenvalue weighted by Crippen LogP contribution is -2.24. The molecule has 4 aromatic rings. The summed E-state index contributed by atoms with van der Waals surface area (Å²) in [4.78, 5) is 8.90. The predicted molar refractivity (Wildman–Crippen MR) is 124 cm³/mol. The van der Waals surface area contributed by atoms with Crippen molar-refractivity contribution in [1.29, 1.82) is 5.53 Å². The van der Waals surface area contributed by atoms with E-state index in [0.29, 0.717) is 38.2 Å². The first kappa shape index (κ1) is 21.0. The van der Waals surface area contributed by atoms with Gasteiger partial charge in [-0.15, -0.1) is 0 Å². The van der Waals surface area contributed by atoms with E-state index in [9.17, 15) is 4.39 Å². The summed E-state index contributed by atoms with van der Waals surface area (Å²) >= 11 is 0. The number of hydrogen-bond donors (Lipinski definition) is 3. The first-order chi connectivity index (χ1) is 16.1. The summed E-state index contributed by atoms with van der Waals surface area (Å²) in [6.07, 6.45) is 14.3. The van der Waals surface area contributed by atoms with Crippen LogP contribution in [0, 0.1) is 5.53 Å². The average Bonchev–Trinajstić information content (AvgIpc) is 3.21. The highest BCUT2D eigenvalue weighted by Crippen LogP contribution is 2.38. The van der Waals surface area contributed by atoms with E-state index in [2.05, 4.69) is 25.7 Å². The van der Waals surface area contributed by atoms with Gasteiger partial charge in [0.05, 0.1) is 24.1 Å². The number of rotatable bonds is 10. The molecule has 0 saturated heterocycles. The van der Waals surface area contributed by atoms with Crippen LogP contribution in [0.3, 0.4) is 0 Å². The Morgan fingerprint density at radius 1 is 1.18 bits per heavy atom. The number of pyridine rings is 2. The summed E-state index contributed by atoms with van der Waals surface area (Å²) in [5.41, 5.74) is 11.5. The maximum absolute atomic E-state index is 13.7. The van der Waals surface area contributed by atoms with Crippen molar-refractivity contribution in [2.24, 2.45) is 5.11 Å². The van der Waals surface area contributed by atoms with Gasteiger partial charge in [-0.3, -0.25) is 4.98 Å². The highest BCUT2D eigenvalue weighted by molar-refractivity contribution is 5.64. The van der Waals surface area contributed by atoms with Crippen LogP contribution in [0.4, 0.5) is 4.39 Å². The van der Waals surface area contributed by atoms with Gasteiger partial charge in [-0.2, -0.15) is 5.11 Å². The summed E-state index contributed by atoms with van der Waals surface area (Å²) < 4.78 is 17.7. The second kappa shape index (κ2) is 8.95. The summed E-state index contributed by atoms with van der Waals surface area (Å²) in [5, 5.41) is 10.0. The average molecular weight is 445 g/mol.